The van der Waals surface area contributed by atoms with E-state index >= 15 is 17.6 Å². The fraction of sp³-hybridized carbons (Fsp3) is 0.0256. The Kier molecular flexibility index (Phi) is 12.4. The highest BCUT2D eigenvalue weighted by atomic mass is 19.2. The van der Waals surface area contributed by atoms with Gasteiger partial charge in [-0.1, -0.05) is 195 Å². The molecule has 2 unspecified atom stereocenters. The zero-order valence-electron chi connectivity index (χ0n) is 46.4. The van der Waals surface area contributed by atoms with Crippen LogP contribution in [-0.4, -0.2) is 0 Å². The molecule has 0 bridgehead atoms. The molecular weight excluding hydrogens is 1090 g/mol. The van der Waals surface area contributed by atoms with Gasteiger partial charge in [0.2, 0.25) is 0 Å². The van der Waals surface area contributed by atoms with Gasteiger partial charge in [0.25, 0.3) is 0 Å². The molecule has 3 nitrogen and oxygen atoms in total. The molecule has 0 fully saturated rings. The van der Waals surface area contributed by atoms with Crippen LogP contribution in [0.4, 0.5) is 60.5 Å². The van der Waals surface area contributed by atoms with E-state index in [-0.39, 0.29) is 11.4 Å². The summed E-state index contributed by atoms with van der Waals surface area (Å²) in [5.74, 6) is -7.18. The maximum Gasteiger partial charge on any atom is 0.161 e. The second-order valence-corrected chi connectivity index (χ2v) is 22.0. The molecule has 0 saturated carbocycles. The molecule has 9 heteroatoms. The third-order valence-corrected chi connectivity index (χ3v) is 17.6. The minimum absolute atomic E-state index is 0.255. The molecule has 2 aliphatic carbocycles. The van der Waals surface area contributed by atoms with E-state index in [1.807, 2.05) is 133 Å². The second-order valence-electron chi connectivity index (χ2n) is 22.0. The molecule has 0 N–H and O–H groups in total. The summed E-state index contributed by atoms with van der Waals surface area (Å²) in [5.41, 5.74) is 13.5. The molecule has 0 amide bonds. The fourth-order valence-corrected chi connectivity index (χ4v) is 13.8. The predicted octanol–water partition coefficient (Wildman–Crippen LogP) is 21.4. The van der Waals surface area contributed by atoms with Gasteiger partial charge in [-0.05, 0) is 126 Å². The van der Waals surface area contributed by atoms with E-state index in [2.05, 4.69) is 86.0 Å². The van der Waals surface area contributed by atoms with Crippen molar-refractivity contribution in [3.05, 3.63) is 358 Å². The number of furan rings is 1. The van der Waals surface area contributed by atoms with Crippen molar-refractivity contribution in [1.82, 2.24) is 0 Å². The van der Waals surface area contributed by atoms with Gasteiger partial charge in [0, 0.05) is 69.9 Å². The normalized spacial score (nSPS) is 15.4. The fourth-order valence-electron chi connectivity index (χ4n) is 13.8. The number of hydrogen-bond donors (Lipinski definition) is 0. The predicted molar refractivity (Wildman–Crippen MR) is 338 cm³/mol. The van der Waals surface area contributed by atoms with E-state index in [1.54, 1.807) is 46.2 Å². The molecule has 1 heterocycles. The maximum absolute atomic E-state index is 16.7. The molecule has 2 aliphatic rings. The first-order valence-electron chi connectivity index (χ1n) is 28.4. The Hall–Kier alpha value is -10.9. The van der Waals surface area contributed by atoms with E-state index in [4.69, 9.17) is 4.42 Å². The number of halogens is 6. The van der Waals surface area contributed by atoms with Crippen LogP contribution in [0, 0.1) is 34.9 Å². The van der Waals surface area contributed by atoms with Crippen molar-refractivity contribution in [2.24, 2.45) is 0 Å². The molecule has 2 atom stereocenters. The first-order valence-corrected chi connectivity index (χ1v) is 28.4. The number of benzene rings is 12. The van der Waals surface area contributed by atoms with Gasteiger partial charge in [-0.15, -0.1) is 0 Å². The van der Waals surface area contributed by atoms with Gasteiger partial charge in [-0.25, -0.2) is 26.3 Å². The van der Waals surface area contributed by atoms with Crippen LogP contribution in [0.2, 0.25) is 0 Å². The monoisotopic (exact) mass is 1140 g/mol. The number of fused-ring (bicyclic) bond motifs is 9. The third kappa shape index (κ3) is 8.06. The molecule has 13 aromatic rings. The van der Waals surface area contributed by atoms with Crippen molar-refractivity contribution in [1.29, 1.82) is 0 Å². The summed E-state index contributed by atoms with van der Waals surface area (Å²) in [5, 5.41) is 1.30. The van der Waals surface area contributed by atoms with Crippen molar-refractivity contribution in [3.8, 4) is 22.3 Å². The molecule has 0 saturated heterocycles. The van der Waals surface area contributed by atoms with Crippen molar-refractivity contribution in [2.75, 3.05) is 9.80 Å². The van der Waals surface area contributed by atoms with E-state index in [0.29, 0.717) is 56.8 Å². The summed E-state index contributed by atoms with van der Waals surface area (Å²) in [6.07, 6.45) is 3.59. The van der Waals surface area contributed by atoms with Gasteiger partial charge in [0.15, 0.2) is 23.3 Å². The van der Waals surface area contributed by atoms with Crippen LogP contribution in [0.3, 0.4) is 0 Å². The van der Waals surface area contributed by atoms with Crippen LogP contribution < -0.4 is 9.80 Å². The summed E-state index contributed by atoms with van der Waals surface area (Å²) in [7, 11) is 0. The molecular formula is C78H48F6N2O. The van der Waals surface area contributed by atoms with E-state index in [9.17, 15) is 8.78 Å². The van der Waals surface area contributed by atoms with Crippen molar-refractivity contribution in [3.63, 3.8) is 0 Å². The Labute approximate surface area is 497 Å². The Morgan fingerprint density at radius 3 is 1.03 bits per heavy atom. The van der Waals surface area contributed by atoms with Gasteiger partial charge >= 0.3 is 0 Å². The van der Waals surface area contributed by atoms with Gasteiger partial charge in [0.1, 0.15) is 22.8 Å². The second kappa shape index (κ2) is 20.4. The number of anilines is 6. The number of rotatable bonds is 12. The lowest BCUT2D eigenvalue weighted by Crippen LogP contribution is -2.28. The Balaban J connectivity index is 0.908. The Morgan fingerprint density at radius 1 is 0.299 bits per heavy atom. The summed E-state index contributed by atoms with van der Waals surface area (Å²) in [4.78, 5) is 3.11. The van der Waals surface area contributed by atoms with Gasteiger partial charge in [0.05, 0.1) is 22.2 Å². The average molecular weight is 1140 g/mol. The van der Waals surface area contributed by atoms with Crippen LogP contribution in [0.1, 0.15) is 55.6 Å². The van der Waals surface area contributed by atoms with Crippen molar-refractivity contribution < 1.29 is 30.8 Å². The SMILES string of the molecule is C=Cc1ccc(C2(c3ccccc3)c3ccccc3-c3ccc(N(c4ccc5c(c4)oc4cc(N(c6ccc7c(c6)C(c6ccccc6)(c6ccc(C=C)cc6)c6ccccc6-7)c6cc(F)c(F)cc6F)ccc45)c4cc(F)c(F)cc4F)cc32)cc1. The lowest BCUT2D eigenvalue weighted by atomic mass is 9.67. The minimum atomic E-state index is -1.34. The maximum atomic E-state index is 16.7. The quantitative estimate of drug-likeness (QED) is 0.0898. The zero-order chi connectivity index (χ0) is 59.3. The molecule has 12 aromatic carbocycles. The smallest absolute Gasteiger partial charge is 0.161 e. The Morgan fingerprint density at radius 2 is 0.632 bits per heavy atom. The molecule has 0 spiro atoms. The number of hydrogen-bond acceptors (Lipinski definition) is 3. The largest absolute Gasteiger partial charge is 0.456 e. The van der Waals surface area contributed by atoms with Gasteiger partial charge in [-0.3, -0.25) is 0 Å². The van der Waals surface area contributed by atoms with Crippen LogP contribution in [0.5, 0.6) is 0 Å². The summed E-state index contributed by atoms with van der Waals surface area (Å²) in [6.45, 7) is 7.99. The van der Waals surface area contributed by atoms with E-state index in [1.165, 1.54) is 0 Å². The summed E-state index contributed by atoms with van der Waals surface area (Å²) < 4.78 is 101. The number of nitrogens with zero attached hydrogens (tertiary/aromatic N) is 2. The summed E-state index contributed by atoms with van der Waals surface area (Å²) >= 11 is 0. The highest BCUT2D eigenvalue weighted by Gasteiger charge is 2.48. The topological polar surface area (TPSA) is 19.6 Å². The lowest BCUT2D eigenvalue weighted by Gasteiger charge is -2.35. The minimum Gasteiger partial charge on any atom is -0.456 e. The molecule has 87 heavy (non-hydrogen) atoms. The zero-order valence-corrected chi connectivity index (χ0v) is 46.4. The highest BCUT2D eigenvalue weighted by Crippen LogP contribution is 2.60. The third-order valence-electron chi connectivity index (χ3n) is 17.6. The molecule has 0 aliphatic heterocycles. The first-order chi connectivity index (χ1) is 42.5. The molecule has 418 valence electrons. The van der Waals surface area contributed by atoms with Crippen LogP contribution in [0.25, 0.3) is 56.3 Å². The first kappa shape index (κ1) is 52.9. The van der Waals surface area contributed by atoms with Crippen molar-refractivity contribution in [2.45, 2.75) is 10.8 Å². The van der Waals surface area contributed by atoms with E-state index < -0.39 is 45.7 Å². The van der Waals surface area contributed by atoms with Gasteiger partial charge in [-0.2, -0.15) is 0 Å². The summed E-state index contributed by atoms with van der Waals surface area (Å²) in [6, 6.07) is 78.3. The standard InChI is InChI=1S/C78H48F6N2O/c1-3-47-23-27-51(28-24-47)77(49-15-7-5-8-16-49)63-21-13-11-19-57(63)59-35-31-53(39-65(59)77)85(73-45-69(81)67(79)43-71(73)83)55-33-37-61-62-38-34-56(42-76(62)87-75(61)41-55)86(74-46-70(82)68(80)44-72(74)84)54-32-36-60-58-20-12-14-22-64(58)78(66(60)40-54,50-17-9-6-10-18-50)52-29-25-48(4-2)26-30-52/h3-46H,1-2H2. The van der Waals surface area contributed by atoms with Crippen LogP contribution >= 0.6 is 0 Å². The lowest BCUT2D eigenvalue weighted by molar-refractivity contribution is 0.495. The van der Waals surface area contributed by atoms with Crippen molar-refractivity contribution >= 4 is 68.2 Å². The molecule has 0 radical (unpaired) electrons. The average Bonchev–Trinajstić information content (AvgIpc) is 1.61. The van der Waals surface area contributed by atoms with E-state index in [0.717, 1.165) is 90.0 Å². The highest BCUT2D eigenvalue weighted by molar-refractivity contribution is 6.07. The van der Waals surface area contributed by atoms with Crippen LogP contribution in [0.15, 0.2) is 272 Å². The van der Waals surface area contributed by atoms with Crippen LogP contribution in [-0.2, 0) is 10.8 Å². The molecule has 15 rings (SSSR count). The molecule has 1 aromatic heterocycles. The van der Waals surface area contributed by atoms with Gasteiger partial charge < -0.3 is 14.2 Å². The Bertz CT molecular complexity index is 4630.